The van der Waals surface area contributed by atoms with Crippen molar-refractivity contribution in [3.63, 3.8) is 0 Å². The Morgan fingerprint density at radius 1 is 1.13 bits per heavy atom. The molecule has 1 heterocycles. The van der Waals surface area contributed by atoms with Crippen molar-refractivity contribution in [2.24, 2.45) is 0 Å². The summed E-state index contributed by atoms with van der Waals surface area (Å²) in [5.41, 5.74) is 2.00. The maximum Gasteiger partial charge on any atom is 0.323 e. The second kappa shape index (κ2) is 10.5. The van der Waals surface area contributed by atoms with E-state index in [1.807, 2.05) is 60.7 Å². The molecule has 6 nitrogen and oxygen atoms in total. The summed E-state index contributed by atoms with van der Waals surface area (Å²) in [6.45, 7) is -0.121. The average Bonchev–Trinajstić information content (AvgIpc) is 2.89. The minimum absolute atomic E-state index is 0.0625. The van der Waals surface area contributed by atoms with Crippen LogP contribution in [0.15, 0.2) is 60.7 Å². The molecule has 0 saturated carbocycles. The quantitative estimate of drug-likeness (QED) is 0.571. The number of nitrogens with zero attached hydrogens (tertiary/aromatic N) is 1. The fourth-order valence-electron chi connectivity index (χ4n) is 3.32. The SMILES string of the molecule is O=C(O)CN1C[C@H](c2ccccc2)SC[C@H](NC(=O)[C@@H](S)Cc2ccccc2)C1=O. The van der Waals surface area contributed by atoms with Crippen molar-refractivity contribution in [2.75, 3.05) is 18.8 Å². The van der Waals surface area contributed by atoms with Crippen LogP contribution in [0, 0.1) is 0 Å². The van der Waals surface area contributed by atoms with Crippen LogP contribution in [0.3, 0.4) is 0 Å². The number of thioether (sulfide) groups is 1. The van der Waals surface area contributed by atoms with E-state index in [0.717, 1.165) is 11.1 Å². The highest BCUT2D eigenvalue weighted by Gasteiger charge is 2.34. The standard InChI is InChI=1S/C22H24N2O4S2/c25-20(26)13-24-12-19(16-9-5-2-6-10-16)30-14-17(22(24)28)23-21(27)18(29)11-15-7-3-1-4-8-15/h1-10,17-19,29H,11-14H2,(H,23,27)(H,25,26)/t17-,18-,19+/m0/s1. The zero-order valence-electron chi connectivity index (χ0n) is 16.3. The van der Waals surface area contributed by atoms with Crippen LogP contribution in [-0.4, -0.2) is 57.9 Å². The Morgan fingerprint density at radius 3 is 2.40 bits per heavy atom. The Bertz CT molecular complexity index is 879. The molecule has 8 heteroatoms. The maximum atomic E-state index is 13.0. The number of carbonyl (C=O) groups is 3. The van der Waals surface area contributed by atoms with Crippen molar-refractivity contribution in [1.29, 1.82) is 0 Å². The van der Waals surface area contributed by atoms with Crippen LogP contribution in [0.25, 0.3) is 0 Å². The van der Waals surface area contributed by atoms with Crippen molar-refractivity contribution in [3.05, 3.63) is 71.8 Å². The van der Waals surface area contributed by atoms with Gasteiger partial charge in [0, 0.05) is 17.5 Å². The molecule has 2 N–H and O–H groups in total. The molecule has 30 heavy (non-hydrogen) atoms. The number of aliphatic carboxylic acids is 1. The zero-order valence-corrected chi connectivity index (χ0v) is 18.0. The van der Waals surface area contributed by atoms with Crippen LogP contribution in [0.2, 0.25) is 0 Å². The van der Waals surface area contributed by atoms with Gasteiger partial charge in [-0.2, -0.15) is 12.6 Å². The van der Waals surface area contributed by atoms with Crippen LogP contribution >= 0.6 is 24.4 Å². The third-order valence-electron chi connectivity index (χ3n) is 4.85. The molecule has 0 radical (unpaired) electrons. The molecular weight excluding hydrogens is 420 g/mol. The molecule has 0 spiro atoms. The predicted octanol–water partition coefficient (Wildman–Crippen LogP) is 2.41. The van der Waals surface area contributed by atoms with Gasteiger partial charge in [-0.3, -0.25) is 14.4 Å². The molecule has 1 saturated heterocycles. The molecule has 0 aromatic heterocycles. The molecule has 1 aliphatic rings. The topological polar surface area (TPSA) is 86.7 Å². The number of rotatable bonds is 7. The van der Waals surface area contributed by atoms with E-state index < -0.39 is 23.8 Å². The molecular formula is C22H24N2O4S2. The fourth-order valence-corrected chi connectivity index (χ4v) is 4.89. The van der Waals surface area contributed by atoms with Gasteiger partial charge in [-0.25, -0.2) is 0 Å². The number of carboxylic acid groups (broad SMARTS) is 1. The van der Waals surface area contributed by atoms with Gasteiger partial charge >= 0.3 is 5.97 Å². The lowest BCUT2D eigenvalue weighted by Crippen LogP contribution is -2.52. The van der Waals surface area contributed by atoms with Gasteiger partial charge in [-0.05, 0) is 17.5 Å². The Balaban J connectivity index is 1.70. The number of thiol groups is 1. The summed E-state index contributed by atoms with van der Waals surface area (Å²) in [5, 5.41) is 11.4. The fraction of sp³-hybridized carbons (Fsp3) is 0.318. The minimum atomic E-state index is -1.08. The number of nitrogens with one attached hydrogen (secondary N) is 1. The van der Waals surface area contributed by atoms with Crippen molar-refractivity contribution in [3.8, 4) is 0 Å². The number of benzene rings is 2. The molecule has 0 unspecified atom stereocenters. The molecule has 1 aliphatic heterocycles. The van der Waals surface area contributed by atoms with Gasteiger partial charge in [0.05, 0.1) is 5.25 Å². The number of amides is 2. The summed E-state index contributed by atoms with van der Waals surface area (Å²) in [5.74, 6) is -1.43. The van der Waals surface area contributed by atoms with Crippen LogP contribution in [0.5, 0.6) is 0 Å². The molecule has 2 amide bonds. The first-order chi connectivity index (χ1) is 14.4. The summed E-state index contributed by atoms with van der Waals surface area (Å²) in [4.78, 5) is 38.3. The lowest BCUT2D eigenvalue weighted by Gasteiger charge is -2.25. The Morgan fingerprint density at radius 2 is 1.77 bits per heavy atom. The van der Waals surface area contributed by atoms with Crippen molar-refractivity contribution < 1.29 is 19.5 Å². The number of carbonyl (C=O) groups excluding carboxylic acids is 2. The van der Waals surface area contributed by atoms with Crippen LogP contribution < -0.4 is 5.32 Å². The van der Waals surface area contributed by atoms with Crippen molar-refractivity contribution in [2.45, 2.75) is 23.0 Å². The molecule has 158 valence electrons. The van der Waals surface area contributed by atoms with E-state index in [0.29, 0.717) is 12.2 Å². The molecule has 1 fully saturated rings. The molecule has 2 aromatic rings. The van der Waals surface area contributed by atoms with Gasteiger partial charge in [0.25, 0.3) is 0 Å². The minimum Gasteiger partial charge on any atom is -0.480 e. The van der Waals surface area contributed by atoms with Crippen LogP contribution in [0.4, 0.5) is 0 Å². The first-order valence-corrected chi connectivity index (χ1v) is 11.2. The van der Waals surface area contributed by atoms with E-state index in [1.165, 1.54) is 4.90 Å². The highest BCUT2D eigenvalue weighted by molar-refractivity contribution is 7.99. The van der Waals surface area contributed by atoms with E-state index in [-0.39, 0.29) is 23.6 Å². The first kappa shape index (κ1) is 22.2. The molecule has 0 aliphatic carbocycles. The van der Waals surface area contributed by atoms with E-state index in [1.54, 1.807) is 11.8 Å². The molecule has 0 bridgehead atoms. The predicted molar refractivity (Wildman–Crippen MR) is 121 cm³/mol. The van der Waals surface area contributed by atoms with E-state index in [2.05, 4.69) is 17.9 Å². The summed E-state index contributed by atoms with van der Waals surface area (Å²) >= 11 is 5.95. The van der Waals surface area contributed by atoms with Crippen molar-refractivity contribution in [1.82, 2.24) is 10.2 Å². The third kappa shape index (κ3) is 6.03. The smallest absolute Gasteiger partial charge is 0.323 e. The highest BCUT2D eigenvalue weighted by Crippen LogP contribution is 2.33. The van der Waals surface area contributed by atoms with Gasteiger partial charge in [-0.15, -0.1) is 11.8 Å². The number of carboxylic acids is 1. The second-order valence-corrected chi connectivity index (χ2v) is 8.97. The van der Waals surface area contributed by atoms with Gasteiger partial charge in [0.1, 0.15) is 12.6 Å². The maximum absolute atomic E-state index is 13.0. The lowest BCUT2D eigenvalue weighted by atomic mass is 10.1. The van der Waals surface area contributed by atoms with Crippen LogP contribution in [0.1, 0.15) is 16.4 Å². The largest absolute Gasteiger partial charge is 0.480 e. The van der Waals surface area contributed by atoms with Crippen LogP contribution in [-0.2, 0) is 20.8 Å². The normalized spacial score (nSPS) is 20.3. The monoisotopic (exact) mass is 444 g/mol. The highest BCUT2D eigenvalue weighted by atomic mass is 32.2. The zero-order chi connectivity index (χ0) is 21.5. The van der Waals surface area contributed by atoms with Gasteiger partial charge in [0.2, 0.25) is 11.8 Å². The lowest BCUT2D eigenvalue weighted by molar-refractivity contribution is -0.145. The second-order valence-electron chi connectivity index (χ2n) is 7.11. The average molecular weight is 445 g/mol. The Hall–Kier alpha value is -2.45. The Labute approximate surface area is 185 Å². The summed E-state index contributed by atoms with van der Waals surface area (Å²) in [6.07, 6.45) is 0.440. The summed E-state index contributed by atoms with van der Waals surface area (Å²) < 4.78 is 0. The molecule has 2 aromatic carbocycles. The summed E-state index contributed by atoms with van der Waals surface area (Å²) in [7, 11) is 0. The van der Waals surface area contributed by atoms with Crippen molar-refractivity contribution >= 4 is 42.2 Å². The number of hydrogen-bond donors (Lipinski definition) is 3. The summed E-state index contributed by atoms with van der Waals surface area (Å²) in [6, 6.07) is 18.4. The van der Waals surface area contributed by atoms with E-state index in [9.17, 15) is 19.5 Å². The van der Waals surface area contributed by atoms with Gasteiger partial charge in [-0.1, -0.05) is 60.7 Å². The first-order valence-electron chi connectivity index (χ1n) is 9.63. The number of hydrogen-bond acceptors (Lipinski definition) is 5. The van der Waals surface area contributed by atoms with Gasteiger partial charge in [0.15, 0.2) is 0 Å². The van der Waals surface area contributed by atoms with Gasteiger partial charge < -0.3 is 15.3 Å². The Kier molecular flexibility index (Phi) is 7.81. The third-order valence-corrected chi connectivity index (χ3v) is 6.62. The molecule has 3 atom stereocenters. The van der Waals surface area contributed by atoms with E-state index in [4.69, 9.17) is 0 Å². The molecule has 3 rings (SSSR count). The van der Waals surface area contributed by atoms with E-state index >= 15 is 0 Å².